The number of nitrogens with zero attached hydrogens (tertiary/aromatic N) is 2. The van der Waals surface area contributed by atoms with Gasteiger partial charge in [-0.25, -0.2) is 5.41 Å². The summed E-state index contributed by atoms with van der Waals surface area (Å²) in [5.74, 6) is 0. The summed E-state index contributed by atoms with van der Waals surface area (Å²) < 4.78 is 0. The van der Waals surface area contributed by atoms with Gasteiger partial charge >= 0.3 is 6.02 Å². The fourth-order valence-corrected chi connectivity index (χ4v) is 0.703. The summed E-state index contributed by atoms with van der Waals surface area (Å²) in [7, 11) is 0. The Labute approximate surface area is 73.7 Å². The van der Waals surface area contributed by atoms with Crippen LogP contribution in [0.3, 0.4) is 0 Å². The van der Waals surface area contributed by atoms with E-state index in [1.807, 2.05) is 27.7 Å². The van der Waals surface area contributed by atoms with E-state index in [-0.39, 0.29) is 6.02 Å². The minimum Gasteiger partial charge on any atom is -0.326 e. The lowest BCUT2D eigenvalue weighted by Crippen LogP contribution is -2.30. The maximum Gasteiger partial charge on any atom is 0.314 e. The van der Waals surface area contributed by atoms with Crippen LogP contribution in [0.5, 0.6) is 0 Å². The number of oxime groups is 1. The van der Waals surface area contributed by atoms with Gasteiger partial charge in [0.2, 0.25) is 0 Å². The Morgan fingerprint density at radius 3 is 2.17 bits per heavy atom. The van der Waals surface area contributed by atoms with Gasteiger partial charge in [0.25, 0.3) is 0 Å². The third-order valence-corrected chi connectivity index (χ3v) is 1.37. The van der Waals surface area contributed by atoms with Crippen molar-refractivity contribution in [3.63, 3.8) is 0 Å². The highest BCUT2D eigenvalue weighted by atomic mass is 16.6. The van der Waals surface area contributed by atoms with Gasteiger partial charge in [-0.3, -0.25) is 0 Å². The van der Waals surface area contributed by atoms with E-state index in [1.54, 1.807) is 4.90 Å². The first-order chi connectivity index (χ1) is 5.61. The molecule has 4 heteroatoms. The molecular formula is C8H17N3O. The molecule has 0 atom stereocenters. The predicted octanol–water partition coefficient (Wildman–Crippen LogP) is 1.68. The second-order valence-corrected chi connectivity index (χ2v) is 2.61. The van der Waals surface area contributed by atoms with Crippen LogP contribution >= 0.6 is 0 Å². The smallest absolute Gasteiger partial charge is 0.314 e. The fraction of sp³-hybridized carbons (Fsp3) is 0.750. The van der Waals surface area contributed by atoms with Crippen molar-refractivity contribution in [2.45, 2.75) is 27.7 Å². The number of hydrogen-bond donors (Lipinski definition) is 1. The molecule has 0 bridgehead atoms. The zero-order valence-electron chi connectivity index (χ0n) is 8.22. The molecule has 0 unspecified atom stereocenters. The number of rotatable bonds is 3. The van der Waals surface area contributed by atoms with E-state index in [0.29, 0.717) is 0 Å². The van der Waals surface area contributed by atoms with Crippen LogP contribution in [0, 0.1) is 5.41 Å². The molecule has 0 amide bonds. The van der Waals surface area contributed by atoms with Crippen molar-refractivity contribution in [3.8, 4) is 0 Å². The van der Waals surface area contributed by atoms with Gasteiger partial charge in [0.1, 0.15) is 0 Å². The van der Waals surface area contributed by atoms with Crippen LogP contribution in [-0.4, -0.2) is 29.7 Å². The molecule has 0 saturated carbocycles. The molecule has 1 N–H and O–H groups in total. The van der Waals surface area contributed by atoms with Gasteiger partial charge < -0.3 is 9.74 Å². The van der Waals surface area contributed by atoms with Gasteiger partial charge in [-0.05, 0) is 27.7 Å². The zero-order valence-corrected chi connectivity index (χ0v) is 8.22. The Bertz CT molecular complexity index is 169. The molecule has 0 spiro atoms. The second kappa shape index (κ2) is 5.57. The van der Waals surface area contributed by atoms with Crippen LogP contribution in [0.25, 0.3) is 0 Å². The normalized spacial score (nSPS) is 9.00. The Balaban J connectivity index is 3.93. The molecule has 0 aliphatic rings. The monoisotopic (exact) mass is 171 g/mol. The average molecular weight is 171 g/mol. The van der Waals surface area contributed by atoms with Crippen molar-refractivity contribution in [2.75, 3.05) is 13.1 Å². The summed E-state index contributed by atoms with van der Waals surface area (Å²) >= 11 is 0. The summed E-state index contributed by atoms with van der Waals surface area (Å²) in [5, 5.41) is 11.1. The van der Waals surface area contributed by atoms with E-state index < -0.39 is 0 Å². The quantitative estimate of drug-likeness (QED) is 0.399. The third kappa shape index (κ3) is 3.95. The van der Waals surface area contributed by atoms with Crippen LogP contribution in [0.15, 0.2) is 5.16 Å². The molecule has 0 aromatic rings. The van der Waals surface area contributed by atoms with E-state index in [1.165, 1.54) is 0 Å². The minimum absolute atomic E-state index is 0.112. The van der Waals surface area contributed by atoms with Crippen molar-refractivity contribution < 1.29 is 4.84 Å². The van der Waals surface area contributed by atoms with Crippen LogP contribution in [0.4, 0.5) is 0 Å². The summed E-state index contributed by atoms with van der Waals surface area (Å²) in [5.41, 5.74) is 0.812. The summed E-state index contributed by atoms with van der Waals surface area (Å²) in [6, 6.07) is 0.112. The standard InChI is InChI=1S/C8H17N3O/c1-5-11(6-2)8(9)12-10-7(3)4/h9H,5-6H2,1-4H3. The fourth-order valence-electron chi connectivity index (χ4n) is 0.703. The Kier molecular flexibility index (Phi) is 5.08. The SMILES string of the molecule is CCN(CC)C(=N)ON=C(C)C. The molecule has 12 heavy (non-hydrogen) atoms. The van der Waals surface area contributed by atoms with Crippen LogP contribution in [0.2, 0.25) is 0 Å². The maximum atomic E-state index is 7.44. The molecule has 0 saturated heterocycles. The van der Waals surface area contributed by atoms with Gasteiger partial charge in [0.05, 0.1) is 5.71 Å². The average Bonchev–Trinajstić information content (AvgIpc) is 2.03. The predicted molar refractivity (Wildman–Crippen MR) is 50.5 cm³/mol. The van der Waals surface area contributed by atoms with Gasteiger partial charge in [-0.2, -0.15) is 0 Å². The zero-order chi connectivity index (χ0) is 9.56. The lowest BCUT2D eigenvalue weighted by atomic mass is 10.5. The molecule has 0 aliphatic heterocycles. The van der Waals surface area contributed by atoms with Crippen molar-refractivity contribution in [2.24, 2.45) is 5.16 Å². The summed E-state index contributed by atoms with van der Waals surface area (Å²) in [6.07, 6.45) is 0. The van der Waals surface area contributed by atoms with E-state index in [0.717, 1.165) is 18.8 Å². The molecule has 0 fully saturated rings. The summed E-state index contributed by atoms with van der Waals surface area (Å²) in [6.45, 7) is 9.15. The number of nitrogens with one attached hydrogen (secondary N) is 1. The molecule has 0 radical (unpaired) electrons. The Morgan fingerprint density at radius 1 is 1.33 bits per heavy atom. The highest BCUT2D eigenvalue weighted by molar-refractivity contribution is 5.79. The number of amidine groups is 1. The van der Waals surface area contributed by atoms with Gasteiger partial charge in [-0.15, -0.1) is 0 Å². The van der Waals surface area contributed by atoms with Crippen LogP contribution in [-0.2, 0) is 4.84 Å². The van der Waals surface area contributed by atoms with Crippen molar-refractivity contribution >= 4 is 11.7 Å². The van der Waals surface area contributed by atoms with Gasteiger partial charge in [0, 0.05) is 13.1 Å². The highest BCUT2D eigenvalue weighted by Gasteiger charge is 2.05. The van der Waals surface area contributed by atoms with Crippen molar-refractivity contribution in [3.05, 3.63) is 0 Å². The Morgan fingerprint density at radius 2 is 1.83 bits per heavy atom. The Hall–Kier alpha value is -1.06. The van der Waals surface area contributed by atoms with E-state index >= 15 is 0 Å². The van der Waals surface area contributed by atoms with Gasteiger partial charge in [-0.1, -0.05) is 5.16 Å². The van der Waals surface area contributed by atoms with Crippen LogP contribution in [0.1, 0.15) is 27.7 Å². The molecular weight excluding hydrogens is 154 g/mol. The topological polar surface area (TPSA) is 48.7 Å². The van der Waals surface area contributed by atoms with E-state index in [2.05, 4.69) is 5.16 Å². The third-order valence-electron chi connectivity index (χ3n) is 1.37. The van der Waals surface area contributed by atoms with Crippen molar-refractivity contribution in [1.29, 1.82) is 5.41 Å². The first-order valence-corrected chi connectivity index (χ1v) is 4.13. The minimum atomic E-state index is 0.112. The maximum absolute atomic E-state index is 7.44. The molecule has 4 nitrogen and oxygen atoms in total. The summed E-state index contributed by atoms with van der Waals surface area (Å²) in [4.78, 5) is 6.63. The first kappa shape index (κ1) is 10.9. The van der Waals surface area contributed by atoms with E-state index in [9.17, 15) is 0 Å². The first-order valence-electron chi connectivity index (χ1n) is 4.13. The molecule has 0 rings (SSSR count). The second-order valence-electron chi connectivity index (χ2n) is 2.61. The van der Waals surface area contributed by atoms with Crippen molar-refractivity contribution in [1.82, 2.24) is 4.90 Å². The van der Waals surface area contributed by atoms with E-state index in [4.69, 9.17) is 10.2 Å². The molecule has 0 aromatic heterocycles. The van der Waals surface area contributed by atoms with Crippen LogP contribution < -0.4 is 0 Å². The molecule has 0 heterocycles. The lowest BCUT2D eigenvalue weighted by Gasteiger charge is -2.18. The molecule has 0 aliphatic carbocycles. The molecule has 0 aromatic carbocycles. The highest BCUT2D eigenvalue weighted by Crippen LogP contribution is 1.92. The molecule has 70 valence electrons. The lowest BCUT2D eigenvalue weighted by molar-refractivity contribution is 0.246. The largest absolute Gasteiger partial charge is 0.326 e. The van der Waals surface area contributed by atoms with Gasteiger partial charge in [0.15, 0.2) is 0 Å². The number of hydrogen-bond acceptors (Lipinski definition) is 3.